The van der Waals surface area contributed by atoms with Crippen molar-refractivity contribution in [2.45, 2.75) is 6.92 Å². The van der Waals surface area contributed by atoms with Crippen molar-refractivity contribution in [1.29, 1.82) is 0 Å². The molecule has 0 radical (unpaired) electrons. The number of nitrogens with one attached hydrogen (secondary N) is 1. The van der Waals surface area contributed by atoms with Crippen LogP contribution in [0.3, 0.4) is 0 Å². The zero-order chi connectivity index (χ0) is 14.4. The van der Waals surface area contributed by atoms with E-state index in [4.69, 9.17) is 5.11 Å². The second kappa shape index (κ2) is 6.45. The van der Waals surface area contributed by atoms with Gasteiger partial charge in [-0.05, 0) is 30.7 Å². The summed E-state index contributed by atoms with van der Waals surface area (Å²) in [4.78, 5) is 20.1. The van der Waals surface area contributed by atoms with Crippen LogP contribution < -0.4 is 5.32 Å². The van der Waals surface area contributed by atoms with Crippen LogP contribution in [0.2, 0.25) is 0 Å². The largest absolute Gasteiger partial charge is 0.384 e. The van der Waals surface area contributed by atoms with Crippen LogP contribution in [-0.4, -0.2) is 27.6 Å². The quantitative estimate of drug-likeness (QED) is 0.806. The number of aromatic nitrogens is 2. The Bertz CT molecular complexity index is 670. The van der Waals surface area contributed by atoms with E-state index in [1.807, 2.05) is 13.0 Å². The minimum absolute atomic E-state index is 0.207. The highest BCUT2D eigenvalue weighted by Gasteiger charge is 2.09. The number of rotatable bonds is 2. The van der Waals surface area contributed by atoms with Crippen LogP contribution in [-0.2, 0) is 0 Å². The van der Waals surface area contributed by atoms with Gasteiger partial charge in [-0.25, -0.2) is 9.97 Å². The molecule has 0 aliphatic rings. The van der Waals surface area contributed by atoms with Crippen LogP contribution >= 0.6 is 0 Å². The number of aryl methyl sites for hydroxylation is 1. The average Bonchev–Trinajstić information content (AvgIpc) is 2.48. The minimum Gasteiger partial charge on any atom is -0.384 e. The zero-order valence-electron chi connectivity index (χ0n) is 10.9. The third kappa shape index (κ3) is 3.40. The summed E-state index contributed by atoms with van der Waals surface area (Å²) in [5.74, 6) is 5.42. The number of aliphatic hydroxyl groups is 1. The number of amides is 1. The molecule has 1 amide bonds. The molecule has 0 unspecified atom stereocenters. The van der Waals surface area contributed by atoms with E-state index < -0.39 is 0 Å². The first-order valence-corrected chi connectivity index (χ1v) is 5.99. The molecule has 2 aromatic heterocycles. The Hall–Kier alpha value is -2.71. The monoisotopic (exact) mass is 267 g/mol. The first kappa shape index (κ1) is 13.7. The van der Waals surface area contributed by atoms with Gasteiger partial charge >= 0.3 is 0 Å². The maximum Gasteiger partial charge on any atom is 0.275 e. The molecule has 100 valence electrons. The predicted octanol–water partition coefficient (Wildman–Crippen LogP) is 1.38. The zero-order valence-corrected chi connectivity index (χ0v) is 10.9. The fourth-order valence-electron chi connectivity index (χ4n) is 1.53. The highest BCUT2D eigenvalue weighted by Crippen LogP contribution is 2.10. The Morgan fingerprint density at radius 1 is 1.35 bits per heavy atom. The second-order valence-electron chi connectivity index (χ2n) is 4.02. The highest BCUT2D eigenvalue weighted by atomic mass is 16.2. The van der Waals surface area contributed by atoms with Gasteiger partial charge in [0.25, 0.3) is 5.91 Å². The average molecular weight is 267 g/mol. The van der Waals surface area contributed by atoms with E-state index in [0.29, 0.717) is 11.4 Å². The van der Waals surface area contributed by atoms with Crippen molar-refractivity contribution in [2.75, 3.05) is 11.9 Å². The van der Waals surface area contributed by atoms with E-state index in [1.54, 1.807) is 24.4 Å². The maximum absolute atomic E-state index is 12.0. The lowest BCUT2D eigenvalue weighted by molar-refractivity contribution is 0.102. The lowest BCUT2D eigenvalue weighted by Gasteiger charge is -2.06. The molecule has 5 heteroatoms. The molecule has 0 saturated carbocycles. The van der Waals surface area contributed by atoms with Crippen LogP contribution in [0, 0.1) is 18.8 Å². The van der Waals surface area contributed by atoms with Gasteiger partial charge in [-0.3, -0.25) is 4.79 Å². The van der Waals surface area contributed by atoms with Crippen LogP contribution in [0.25, 0.3) is 0 Å². The standard InChI is InChI=1S/C15H13N3O2/c1-11-4-2-8-16-14(11)18-15(20)13-7-6-12(10-17-13)5-3-9-19/h2,4,6-8,10,19H,9H2,1H3,(H,16,18,20). The summed E-state index contributed by atoms with van der Waals surface area (Å²) in [6.45, 7) is 1.66. The summed E-state index contributed by atoms with van der Waals surface area (Å²) in [6.07, 6.45) is 3.10. The summed E-state index contributed by atoms with van der Waals surface area (Å²) >= 11 is 0. The number of nitrogens with zero attached hydrogens (tertiary/aromatic N) is 2. The number of carbonyl (C=O) groups is 1. The Labute approximate surface area is 116 Å². The van der Waals surface area contributed by atoms with Gasteiger partial charge < -0.3 is 10.4 Å². The van der Waals surface area contributed by atoms with Crippen molar-refractivity contribution >= 4 is 11.7 Å². The molecule has 2 aromatic rings. The molecule has 0 aliphatic heterocycles. The molecule has 0 fully saturated rings. The summed E-state index contributed by atoms with van der Waals surface area (Å²) in [7, 11) is 0. The van der Waals surface area contributed by atoms with Gasteiger partial charge in [0.1, 0.15) is 18.1 Å². The molecule has 0 aliphatic carbocycles. The number of hydrogen-bond donors (Lipinski definition) is 2. The Balaban J connectivity index is 2.12. The minimum atomic E-state index is -0.325. The van der Waals surface area contributed by atoms with Crippen molar-refractivity contribution in [3.05, 3.63) is 53.5 Å². The first-order chi connectivity index (χ1) is 9.70. The Kier molecular flexibility index (Phi) is 4.43. The smallest absolute Gasteiger partial charge is 0.275 e. The van der Waals surface area contributed by atoms with E-state index in [1.165, 1.54) is 6.20 Å². The fourth-order valence-corrected chi connectivity index (χ4v) is 1.53. The van der Waals surface area contributed by atoms with Crippen LogP contribution in [0.1, 0.15) is 21.6 Å². The summed E-state index contributed by atoms with van der Waals surface area (Å²) in [6, 6.07) is 6.92. The van der Waals surface area contributed by atoms with Crippen molar-refractivity contribution < 1.29 is 9.90 Å². The molecular formula is C15H13N3O2. The lowest BCUT2D eigenvalue weighted by Crippen LogP contribution is -2.15. The van der Waals surface area contributed by atoms with E-state index in [2.05, 4.69) is 27.1 Å². The SMILES string of the molecule is Cc1cccnc1NC(=O)c1ccc(C#CCO)cn1. The number of carbonyl (C=O) groups excluding carboxylic acids is 1. The van der Waals surface area contributed by atoms with Gasteiger partial charge in [-0.1, -0.05) is 17.9 Å². The number of pyridine rings is 2. The van der Waals surface area contributed by atoms with Gasteiger partial charge in [-0.15, -0.1) is 0 Å². The van der Waals surface area contributed by atoms with Gasteiger partial charge in [0.05, 0.1) is 0 Å². The van der Waals surface area contributed by atoms with E-state index in [9.17, 15) is 4.79 Å². The Morgan fingerprint density at radius 3 is 2.85 bits per heavy atom. The van der Waals surface area contributed by atoms with Crippen LogP contribution in [0.4, 0.5) is 5.82 Å². The molecule has 2 N–H and O–H groups in total. The molecule has 0 aromatic carbocycles. The molecule has 2 rings (SSSR count). The van der Waals surface area contributed by atoms with Gasteiger partial charge in [0.2, 0.25) is 0 Å². The molecule has 20 heavy (non-hydrogen) atoms. The van der Waals surface area contributed by atoms with E-state index >= 15 is 0 Å². The van der Waals surface area contributed by atoms with Gasteiger partial charge in [0, 0.05) is 18.0 Å². The van der Waals surface area contributed by atoms with Crippen molar-refractivity contribution in [1.82, 2.24) is 9.97 Å². The lowest BCUT2D eigenvalue weighted by atomic mass is 10.2. The normalized spacial score (nSPS) is 9.50. The third-order valence-electron chi connectivity index (χ3n) is 2.55. The van der Waals surface area contributed by atoms with Crippen molar-refractivity contribution in [3.63, 3.8) is 0 Å². The number of anilines is 1. The first-order valence-electron chi connectivity index (χ1n) is 5.99. The van der Waals surface area contributed by atoms with Crippen LogP contribution in [0.5, 0.6) is 0 Å². The number of aliphatic hydroxyl groups excluding tert-OH is 1. The maximum atomic E-state index is 12.0. The topological polar surface area (TPSA) is 75.1 Å². The van der Waals surface area contributed by atoms with Gasteiger partial charge in [0.15, 0.2) is 0 Å². The molecular weight excluding hydrogens is 254 g/mol. The molecule has 5 nitrogen and oxygen atoms in total. The molecule has 2 heterocycles. The van der Waals surface area contributed by atoms with E-state index in [-0.39, 0.29) is 18.2 Å². The summed E-state index contributed by atoms with van der Waals surface area (Å²) in [5, 5.41) is 11.3. The molecule has 0 atom stereocenters. The Morgan fingerprint density at radius 2 is 2.20 bits per heavy atom. The summed E-state index contributed by atoms with van der Waals surface area (Å²) < 4.78 is 0. The molecule has 0 saturated heterocycles. The molecule has 0 spiro atoms. The van der Waals surface area contributed by atoms with Crippen molar-refractivity contribution in [2.24, 2.45) is 0 Å². The van der Waals surface area contributed by atoms with E-state index in [0.717, 1.165) is 5.56 Å². The van der Waals surface area contributed by atoms with Crippen molar-refractivity contribution in [3.8, 4) is 11.8 Å². The third-order valence-corrected chi connectivity index (χ3v) is 2.55. The second-order valence-corrected chi connectivity index (χ2v) is 4.02. The van der Waals surface area contributed by atoms with Gasteiger partial charge in [-0.2, -0.15) is 0 Å². The highest BCUT2D eigenvalue weighted by molar-refractivity contribution is 6.02. The molecule has 0 bridgehead atoms. The number of hydrogen-bond acceptors (Lipinski definition) is 4. The fraction of sp³-hybridized carbons (Fsp3) is 0.133. The van der Waals surface area contributed by atoms with Crippen LogP contribution in [0.15, 0.2) is 36.7 Å². The summed E-state index contributed by atoms with van der Waals surface area (Å²) in [5.41, 5.74) is 1.81. The predicted molar refractivity (Wildman–Crippen MR) is 75.1 cm³/mol.